The van der Waals surface area contributed by atoms with E-state index in [0.29, 0.717) is 0 Å². The molecule has 0 fully saturated rings. The predicted molar refractivity (Wildman–Crippen MR) is 73.6 cm³/mol. The van der Waals surface area contributed by atoms with E-state index in [0.717, 1.165) is 18.4 Å². The third-order valence-corrected chi connectivity index (χ3v) is 2.72. The van der Waals surface area contributed by atoms with E-state index < -0.39 is 0 Å². The molecule has 0 heteroatoms. The van der Waals surface area contributed by atoms with Crippen LogP contribution in [0.1, 0.15) is 30.5 Å². The second-order valence-electron chi connectivity index (χ2n) is 3.81. The molecular formula is C16H20. The van der Waals surface area contributed by atoms with Gasteiger partial charge in [0.25, 0.3) is 0 Å². The number of rotatable bonds is 5. The third kappa shape index (κ3) is 2.96. The average molecular weight is 212 g/mol. The van der Waals surface area contributed by atoms with Crippen molar-refractivity contribution in [3.63, 3.8) is 0 Å². The first-order valence-electron chi connectivity index (χ1n) is 5.83. The van der Waals surface area contributed by atoms with Crippen LogP contribution in [0, 0.1) is 0 Å². The van der Waals surface area contributed by atoms with Gasteiger partial charge in [0.05, 0.1) is 0 Å². The van der Waals surface area contributed by atoms with Crippen LogP contribution in [0.5, 0.6) is 0 Å². The minimum Gasteiger partial charge on any atom is -0.0990 e. The second kappa shape index (κ2) is 6.12. The molecule has 1 aromatic rings. The van der Waals surface area contributed by atoms with Crippen LogP contribution in [0.3, 0.4) is 0 Å². The number of aryl methyl sites for hydroxylation is 2. The summed E-state index contributed by atoms with van der Waals surface area (Å²) in [5.74, 6) is 0. The smallest absolute Gasteiger partial charge is 0.0179 e. The van der Waals surface area contributed by atoms with Gasteiger partial charge in [0, 0.05) is 0 Å². The summed E-state index contributed by atoms with van der Waals surface area (Å²) in [6, 6.07) is 6.74. The van der Waals surface area contributed by atoms with Crippen molar-refractivity contribution in [2.45, 2.75) is 26.7 Å². The molecule has 0 aliphatic rings. The molecule has 0 spiro atoms. The molecule has 0 atom stereocenters. The molecule has 0 N–H and O–H groups in total. The summed E-state index contributed by atoms with van der Waals surface area (Å²) in [5.41, 5.74) is 5.14. The number of benzene rings is 1. The molecule has 0 saturated carbocycles. The molecule has 0 aromatic heterocycles. The zero-order valence-corrected chi connectivity index (χ0v) is 10.3. The van der Waals surface area contributed by atoms with E-state index in [4.69, 9.17) is 0 Å². The molecule has 0 amide bonds. The number of hydrogen-bond donors (Lipinski definition) is 0. The van der Waals surface area contributed by atoms with Gasteiger partial charge in [-0.15, -0.1) is 0 Å². The van der Waals surface area contributed by atoms with E-state index in [2.05, 4.69) is 45.2 Å². The van der Waals surface area contributed by atoms with Crippen LogP contribution in [0.25, 0.3) is 5.57 Å². The van der Waals surface area contributed by atoms with Gasteiger partial charge in [-0.2, -0.15) is 0 Å². The van der Waals surface area contributed by atoms with Gasteiger partial charge in [0.1, 0.15) is 0 Å². The van der Waals surface area contributed by atoms with E-state index in [1.165, 1.54) is 16.7 Å². The fourth-order valence-corrected chi connectivity index (χ4v) is 1.75. The van der Waals surface area contributed by atoms with Crippen molar-refractivity contribution >= 4 is 5.57 Å². The van der Waals surface area contributed by atoms with Crippen molar-refractivity contribution in [1.29, 1.82) is 0 Å². The third-order valence-electron chi connectivity index (χ3n) is 2.72. The molecule has 0 unspecified atom stereocenters. The van der Waals surface area contributed by atoms with Gasteiger partial charge in [-0.1, -0.05) is 63.4 Å². The first-order valence-corrected chi connectivity index (χ1v) is 5.83. The standard InChI is InChI=1S/C16H20/c1-5-9-15(8-4)16-11-13(6-2)10-14(7-3)12-16/h5,8-12H,1,4,6-7H2,2-3H3/b15-9+. The second-order valence-corrected chi connectivity index (χ2v) is 3.81. The van der Waals surface area contributed by atoms with E-state index in [1.807, 2.05) is 12.2 Å². The molecule has 1 aromatic carbocycles. The zero-order valence-electron chi connectivity index (χ0n) is 10.3. The van der Waals surface area contributed by atoms with Crippen molar-refractivity contribution in [2.75, 3.05) is 0 Å². The maximum atomic E-state index is 3.85. The lowest BCUT2D eigenvalue weighted by molar-refractivity contribution is 1.08. The Hall–Kier alpha value is -1.56. The summed E-state index contributed by atoms with van der Waals surface area (Å²) in [6.45, 7) is 12.0. The summed E-state index contributed by atoms with van der Waals surface area (Å²) in [7, 11) is 0. The van der Waals surface area contributed by atoms with Crippen molar-refractivity contribution in [3.05, 3.63) is 66.3 Å². The first kappa shape index (κ1) is 12.5. The largest absolute Gasteiger partial charge is 0.0990 e. The van der Waals surface area contributed by atoms with Gasteiger partial charge in [-0.25, -0.2) is 0 Å². The van der Waals surface area contributed by atoms with Crippen LogP contribution in [-0.4, -0.2) is 0 Å². The molecule has 84 valence electrons. The lowest BCUT2D eigenvalue weighted by atomic mass is 9.97. The molecule has 0 radical (unpaired) electrons. The summed E-state index contributed by atoms with van der Waals surface area (Å²) >= 11 is 0. The Balaban J connectivity index is 3.26. The van der Waals surface area contributed by atoms with Gasteiger partial charge in [-0.3, -0.25) is 0 Å². The van der Waals surface area contributed by atoms with Crippen molar-refractivity contribution in [2.24, 2.45) is 0 Å². The van der Waals surface area contributed by atoms with Gasteiger partial charge < -0.3 is 0 Å². The molecular weight excluding hydrogens is 192 g/mol. The zero-order chi connectivity index (χ0) is 12.0. The fraction of sp³-hybridized carbons (Fsp3) is 0.250. The maximum absolute atomic E-state index is 3.85. The molecule has 0 aliphatic heterocycles. The van der Waals surface area contributed by atoms with E-state index in [9.17, 15) is 0 Å². The highest BCUT2D eigenvalue weighted by molar-refractivity contribution is 5.75. The van der Waals surface area contributed by atoms with Crippen LogP contribution >= 0.6 is 0 Å². The molecule has 0 bridgehead atoms. The quantitative estimate of drug-likeness (QED) is 0.627. The van der Waals surface area contributed by atoms with Gasteiger partial charge in [-0.05, 0) is 35.1 Å². The van der Waals surface area contributed by atoms with E-state index in [-0.39, 0.29) is 0 Å². The molecule has 0 nitrogen and oxygen atoms in total. The summed E-state index contributed by atoms with van der Waals surface area (Å²) in [5, 5.41) is 0. The van der Waals surface area contributed by atoms with Crippen molar-refractivity contribution < 1.29 is 0 Å². The van der Waals surface area contributed by atoms with Crippen LogP contribution in [0.15, 0.2) is 49.6 Å². The van der Waals surface area contributed by atoms with Gasteiger partial charge in [0.15, 0.2) is 0 Å². The highest BCUT2D eigenvalue weighted by atomic mass is 14.1. The lowest BCUT2D eigenvalue weighted by Crippen LogP contribution is -1.90. The maximum Gasteiger partial charge on any atom is -0.0179 e. The Labute approximate surface area is 99.0 Å². The average Bonchev–Trinajstić information content (AvgIpc) is 2.35. The Kier molecular flexibility index (Phi) is 4.78. The topological polar surface area (TPSA) is 0 Å². The van der Waals surface area contributed by atoms with Gasteiger partial charge in [0.2, 0.25) is 0 Å². The summed E-state index contributed by atoms with van der Waals surface area (Å²) in [6.07, 6.45) is 7.83. The van der Waals surface area contributed by atoms with E-state index in [1.54, 1.807) is 6.08 Å². The van der Waals surface area contributed by atoms with Crippen molar-refractivity contribution in [3.8, 4) is 0 Å². The molecule has 0 heterocycles. The monoisotopic (exact) mass is 212 g/mol. The molecule has 16 heavy (non-hydrogen) atoms. The Morgan fingerprint density at radius 2 is 1.62 bits per heavy atom. The van der Waals surface area contributed by atoms with Crippen LogP contribution < -0.4 is 0 Å². The summed E-state index contributed by atoms with van der Waals surface area (Å²) in [4.78, 5) is 0. The van der Waals surface area contributed by atoms with E-state index >= 15 is 0 Å². The van der Waals surface area contributed by atoms with Gasteiger partial charge >= 0.3 is 0 Å². The minimum atomic E-state index is 1.07. The normalized spacial score (nSPS) is 11.2. The SMILES string of the molecule is C=C/C=C(\C=C)c1cc(CC)cc(CC)c1. The number of allylic oxidation sites excluding steroid dienone is 4. The highest BCUT2D eigenvalue weighted by Crippen LogP contribution is 2.20. The summed E-state index contributed by atoms with van der Waals surface area (Å²) < 4.78 is 0. The molecule has 1 rings (SSSR count). The highest BCUT2D eigenvalue weighted by Gasteiger charge is 2.01. The first-order chi connectivity index (χ1) is 7.74. The lowest BCUT2D eigenvalue weighted by Gasteiger charge is -2.08. The molecule has 0 saturated heterocycles. The minimum absolute atomic E-state index is 1.07. The number of hydrogen-bond acceptors (Lipinski definition) is 0. The Morgan fingerprint density at radius 3 is 2.00 bits per heavy atom. The van der Waals surface area contributed by atoms with Crippen molar-refractivity contribution in [1.82, 2.24) is 0 Å². The fourth-order valence-electron chi connectivity index (χ4n) is 1.75. The molecule has 0 aliphatic carbocycles. The van der Waals surface area contributed by atoms with Crippen LogP contribution in [-0.2, 0) is 12.8 Å². The Morgan fingerprint density at radius 1 is 1.06 bits per heavy atom. The van der Waals surface area contributed by atoms with Crippen LogP contribution in [0.4, 0.5) is 0 Å². The predicted octanol–water partition coefficient (Wildman–Crippen LogP) is 4.57. The van der Waals surface area contributed by atoms with Crippen LogP contribution in [0.2, 0.25) is 0 Å². The Bertz CT molecular complexity index is 386.